The van der Waals surface area contributed by atoms with Crippen LogP contribution in [-0.4, -0.2) is 21.9 Å². The molecule has 0 radical (unpaired) electrons. The van der Waals surface area contributed by atoms with Gasteiger partial charge in [0, 0.05) is 16.6 Å². The first kappa shape index (κ1) is 11.1. The zero-order valence-electron chi connectivity index (χ0n) is 8.69. The molecular formula is C9H9ClN4OS. The van der Waals surface area contributed by atoms with E-state index < -0.39 is 0 Å². The summed E-state index contributed by atoms with van der Waals surface area (Å²) in [4.78, 5) is 0. The number of anilines is 2. The Hall–Kier alpha value is -1.40. The van der Waals surface area contributed by atoms with Crippen LogP contribution in [-0.2, 0) is 0 Å². The maximum Gasteiger partial charge on any atom is 0.229 e. The van der Waals surface area contributed by atoms with Gasteiger partial charge in [-0.3, -0.25) is 0 Å². The molecule has 0 saturated carbocycles. The van der Waals surface area contributed by atoms with Crippen molar-refractivity contribution in [3.8, 4) is 5.75 Å². The van der Waals surface area contributed by atoms with Crippen molar-refractivity contribution < 1.29 is 4.74 Å². The number of rotatable bonds is 3. The van der Waals surface area contributed by atoms with Crippen molar-refractivity contribution in [3.63, 3.8) is 0 Å². The number of nitrogens with one attached hydrogen (secondary N) is 1. The molecule has 0 saturated heterocycles. The summed E-state index contributed by atoms with van der Waals surface area (Å²) in [6.07, 6.45) is 0. The van der Waals surface area contributed by atoms with E-state index in [1.807, 2.05) is 13.0 Å². The molecule has 84 valence electrons. The van der Waals surface area contributed by atoms with Gasteiger partial charge in [-0.25, -0.2) is 0 Å². The predicted molar refractivity (Wildman–Crippen MR) is 63.7 cm³/mol. The van der Waals surface area contributed by atoms with Gasteiger partial charge in [-0.1, -0.05) is 21.2 Å². The summed E-state index contributed by atoms with van der Waals surface area (Å²) in [5, 5.41) is 11.6. The maximum absolute atomic E-state index is 6.04. The molecule has 0 spiro atoms. The molecule has 0 atom stereocenters. The number of aromatic nitrogens is 3. The highest BCUT2D eigenvalue weighted by molar-refractivity contribution is 7.09. The minimum absolute atomic E-state index is 0.596. The fourth-order valence-corrected chi connectivity index (χ4v) is 1.76. The number of halogens is 1. The first-order valence-corrected chi connectivity index (χ1v) is 5.62. The normalized spacial score (nSPS) is 10.2. The average molecular weight is 257 g/mol. The van der Waals surface area contributed by atoms with Crippen LogP contribution in [0.5, 0.6) is 5.75 Å². The summed E-state index contributed by atoms with van der Waals surface area (Å²) in [5.74, 6) is 0.706. The number of benzene rings is 1. The van der Waals surface area contributed by atoms with Gasteiger partial charge in [-0.2, -0.15) is 0 Å². The molecule has 2 rings (SSSR count). The highest BCUT2D eigenvalue weighted by Crippen LogP contribution is 2.32. The Kier molecular flexibility index (Phi) is 3.21. The lowest BCUT2D eigenvalue weighted by Gasteiger charge is -2.10. The summed E-state index contributed by atoms with van der Waals surface area (Å²) in [7, 11) is 1.60. The fraction of sp³-hybridized carbons (Fsp3) is 0.222. The topological polar surface area (TPSA) is 59.9 Å². The van der Waals surface area contributed by atoms with Crippen LogP contribution in [0.2, 0.25) is 5.02 Å². The highest BCUT2D eigenvalue weighted by atomic mass is 35.5. The zero-order chi connectivity index (χ0) is 11.5. The summed E-state index contributed by atoms with van der Waals surface area (Å²) in [6, 6.07) is 3.65. The molecule has 0 unspecified atom stereocenters. The monoisotopic (exact) mass is 256 g/mol. The Morgan fingerprint density at radius 1 is 1.44 bits per heavy atom. The van der Waals surface area contributed by atoms with E-state index in [2.05, 4.69) is 20.1 Å². The lowest BCUT2D eigenvalue weighted by molar-refractivity contribution is 0.416. The van der Waals surface area contributed by atoms with Gasteiger partial charge in [-0.15, -0.1) is 0 Å². The van der Waals surface area contributed by atoms with Crippen LogP contribution in [0.15, 0.2) is 12.1 Å². The second kappa shape index (κ2) is 4.63. The lowest BCUT2D eigenvalue weighted by atomic mass is 10.2. The number of ether oxygens (including phenoxy) is 1. The largest absolute Gasteiger partial charge is 0.495 e. The van der Waals surface area contributed by atoms with E-state index in [4.69, 9.17) is 16.3 Å². The molecule has 1 aromatic heterocycles. The minimum Gasteiger partial charge on any atom is -0.495 e. The van der Waals surface area contributed by atoms with Crippen molar-refractivity contribution in [3.05, 3.63) is 22.7 Å². The smallest absolute Gasteiger partial charge is 0.229 e. The summed E-state index contributed by atoms with van der Waals surface area (Å²) < 4.78 is 8.90. The number of methoxy groups -OCH3 is 1. The van der Waals surface area contributed by atoms with Crippen molar-refractivity contribution in [2.24, 2.45) is 0 Å². The van der Waals surface area contributed by atoms with E-state index in [1.165, 1.54) is 11.5 Å². The third kappa shape index (κ3) is 2.23. The first-order chi connectivity index (χ1) is 7.70. The van der Waals surface area contributed by atoms with E-state index in [-0.39, 0.29) is 0 Å². The van der Waals surface area contributed by atoms with E-state index in [0.717, 1.165) is 11.3 Å². The van der Waals surface area contributed by atoms with E-state index in [0.29, 0.717) is 15.9 Å². The van der Waals surface area contributed by atoms with Crippen LogP contribution in [0.3, 0.4) is 0 Å². The van der Waals surface area contributed by atoms with Crippen LogP contribution in [0.25, 0.3) is 0 Å². The van der Waals surface area contributed by atoms with Gasteiger partial charge in [0.25, 0.3) is 0 Å². The molecule has 16 heavy (non-hydrogen) atoms. The molecule has 1 heterocycles. The number of hydrogen-bond acceptors (Lipinski definition) is 6. The minimum atomic E-state index is 0.596. The van der Waals surface area contributed by atoms with Gasteiger partial charge in [0.1, 0.15) is 5.75 Å². The molecule has 2 aromatic rings. The lowest BCUT2D eigenvalue weighted by Crippen LogP contribution is -1.95. The van der Waals surface area contributed by atoms with Gasteiger partial charge in [0.2, 0.25) is 5.13 Å². The molecule has 0 bridgehead atoms. The Labute approximate surface area is 102 Å². The zero-order valence-corrected chi connectivity index (χ0v) is 10.3. The van der Waals surface area contributed by atoms with Gasteiger partial charge in [-0.05, 0) is 29.8 Å². The molecule has 5 nitrogen and oxygen atoms in total. The van der Waals surface area contributed by atoms with E-state index in [1.54, 1.807) is 13.2 Å². The first-order valence-electron chi connectivity index (χ1n) is 4.47. The van der Waals surface area contributed by atoms with Crippen molar-refractivity contribution in [2.75, 3.05) is 12.4 Å². The van der Waals surface area contributed by atoms with Crippen LogP contribution in [0.4, 0.5) is 10.8 Å². The Morgan fingerprint density at radius 3 is 2.88 bits per heavy atom. The fourth-order valence-electron chi connectivity index (χ4n) is 1.22. The third-order valence-corrected chi connectivity index (χ3v) is 2.94. The molecule has 0 amide bonds. The average Bonchev–Trinajstić information content (AvgIpc) is 2.76. The predicted octanol–water partition coefficient (Wildman–Crippen LogP) is 2.65. The summed E-state index contributed by atoms with van der Waals surface area (Å²) >= 11 is 7.20. The molecule has 1 N–H and O–H groups in total. The van der Waals surface area contributed by atoms with Gasteiger partial charge in [0.05, 0.1) is 12.8 Å². The molecule has 0 aliphatic heterocycles. The standard InChI is InChI=1S/C9H9ClN4OS/c1-5-3-8(15-2)7(4-6(5)10)11-9-12-13-14-16-9/h3-4H,1-2H3,(H,11,12,14). The van der Waals surface area contributed by atoms with Crippen LogP contribution >= 0.6 is 23.1 Å². The van der Waals surface area contributed by atoms with Crippen molar-refractivity contribution in [1.82, 2.24) is 14.8 Å². The SMILES string of the molecule is COc1cc(C)c(Cl)cc1Nc1nnns1. The van der Waals surface area contributed by atoms with Crippen molar-refractivity contribution in [1.29, 1.82) is 0 Å². The van der Waals surface area contributed by atoms with E-state index in [9.17, 15) is 0 Å². The van der Waals surface area contributed by atoms with Crippen molar-refractivity contribution >= 4 is 34.0 Å². The van der Waals surface area contributed by atoms with Crippen LogP contribution in [0, 0.1) is 6.92 Å². The van der Waals surface area contributed by atoms with Gasteiger partial charge in [0.15, 0.2) is 0 Å². The van der Waals surface area contributed by atoms with Crippen LogP contribution in [0.1, 0.15) is 5.56 Å². The second-order valence-corrected chi connectivity index (χ2v) is 4.23. The van der Waals surface area contributed by atoms with Gasteiger partial charge < -0.3 is 10.1 Å². The summed E-state index contributed by atoms with van der Waals surface area (Å²) in [6.45, 7) is 1.92. The Bertz CT molecular complexity index is 489. The quantitative estimate of drug-likeness (QED) is 0.915. The third-order valence-electron chi connectivity index (χ3n) is 2.02. The Morgan fingerprint density at radius 2 is 2.25 bits per heavy atom. The molecular weight excluding hydrogens is 248 g/mol. The summed E-state index contributed by atoms with van der Waals surface area (Å²) in [5.41, 5.74) is 1.70. The van der Waals surface area contributed by atoms with E-state index >= 15 is 0 Å². The molecule has 0 fully saturated rings. The van der Waals surface area contributed by atoms with Gasteiger partial charge >= 0.3 is 0 Å². The highest BCUT2D eigenvalue weighted by Gasteiger charge is 2.08. The molecule has 7 heteroatoms. The molecule has 0 aliphatic carbocycles. The Balaban J connectivity index is 2.36. The van der Waals surface area contributed by atoms with Crippen molar-refractivity contribution in [2.45, 2.75) is 6.92 Å². The second-order valence-electron chi connectivity index (χ2n) is 3.09. The van der Waals surface area contributed by atoms with Crippen LogP contribution < -0.4 is 10.1 Å². The molecule has 1 aromatic carbocycles. The number of hydrogen-bond donors (Lipinski definition) is 1. The molecule has 0 aliphatic rings. The number of aryl methyl sites for hydroxylation is 1. The maximum atomic E-state index is 6.04. The number of nitrogens with zero attached hydrogens (tertiary/aromatic N) is 3.